The fourth-order valence-corrected chi connectivity index (χ4v) is 4.45. The average molecular weight is 296 g/mol. The molecule has 0 aromatic heterocycles. The van der Waals surface area contributed by atoms with Crippen LogP contribution in [0.25, 0.3) is 0 Å². The number of rotatable bonds is 5. The minimum atomic E-state index is -0.474. The van der Waals surface area contributed by atoms with Crippen LogP contribution in [0.3, 0.4) is 0 Å². The molecule has 0 aromatic rings. The van der Waals surface area contributed by atoms with Gasteiger partial charge in [0.1, 0.15) is 0 Å². The van der Waals surface area contributed by atoms with E-state index in [1.165, 1.54) is 19.3 Å². The Kier molecular flexibility index (Phi) is 6.10. The Bertz CT molecular complexity index is 316. The zero-order valence-corrected chi connectivity index (χ0v) is 14.6. The summed E-state index contributed by atoms with van der Waals surface area (Å²) < 4.78 is 0. The SMILES string of the molecule is CCNC1CCC(C(C)C)CC1CN1CCCC(C)(O)C1. The van der Waals surface area contributed by atoms with E-state index in [0.717, 1.165) is 56.8 Å². The van der Waals surface area contributed by atoms with Crippen molar-refractivity contribution < 1.29 is 5.11 Å². The molecule has 124 valence electrons. The predicted molar refractivity (Wildman–Crippen MR) is 89.4 cm³/mol. The van der Waals surface area contributed by atoms with E-state index in [1.807, 2.05) is 6.92 Å². The van der Waals surface area contributed by atoms with Crippen LogP contribution in [-0.4, -0.2) is 47.8 Å². The van der Waals surface area contributed by atoms with Crippen molar-refractivity contribution in [1.82, 2.24) is 10.2 Å². The van der Waals surface area contributed by atoms with E-state index in [-0.39, 0.29) is 0 Å². The lowest BCUT2D eigenvalue weighted by molar-refractivity contribution is -0.0252. The molecule has 0 radical (unpaired) electrons. The standard InChI is InChI=1S/C18H36N2O/c1-5-19-17-8-7-15(14(2)3)11-16(17)12-20-10-6-9-18(4,21)13-20/h14-17,19,21H,5-13H2,1-4H3. The molecule has 21 heavy (non-hydrogen) atoms. The van der Waals surface area contributed by atoms with Crippen LogP contribution in [0.15, 0.2) is 0 Å². The molecule has 3 nitrogen and oxygen atoms in total. The summed E-state index contributed by atoms with van der Waals surface area (Å²) in [5.41, 5.74) is -0.474. The number of likely N-dealkylation sites (tertiary alicyclic amines) is 1. The van der Waals surface area contributed by atoms with Crippen LogP contribution in [0.5, 0.6) is 0 Å². The zero-order valence-electron chi connectivity index (χ0n) is 14.6. The van der Waals surface area contributed by atoms with Crippen LogP contribution < -0.4 is 5.32 Å². The maximum atomic E-state index is 10.3. The van der Waals surface area contributed by atoms with E-state index in [2.05, 4.69) is 31.0 Å². The van der Waals surface area contributed by atoms with E-state index in [9.17, 15) is 5.11 Å². The Morgan fingerprint density at radius 3 is 2.71 bits per heavy atom. The highest BCUT2D eigenvalue weighted by molar-refractivity contribution is 4.90. The minimum absolute atomic E-state index is 0.474. The van der Waals surface area contributed by atoms with Crippen molar-refractivity contribution in [2.45, 2.75) is 71.4 Å². The molecule has 0 bridgehead atoms. The van der Waals surface area contributed by atoms with E-state index in [0.29, 0.717) is 6.04 Å². The molecule has 4 unspecified atom stereocenters. The first-order valence-electron chi connectivity index (χ1n) is 9.09. The van der Waals surface area contributed by atoms with Crippen molar-refractivity contribution in [3.05, 3.63) is 0 Å². The minimum Gasteiger partial charge on any atom is -0.389 e. The fraction of sp³-hybridized carbons (Fsp3) is 1.00. The van der Waals surface area contributed by atoms with Gasteiger partial charge in [0.15, 0.2) is 0 Å². The Labute approximate surface area is 131 Å². The molecule has 2 fully saturated rings. The van der Waals surface area contributed by atoms with Crippen molar-refractivity contribution in [1.29, 1.82) is 0 Å². The monoisotopic (exact) mass is 296 g/mol. The number of hydrogen-bond donors (Lipinski definition) is 2. The summed E-state index contributed by atoms with van der Waals surface area (Å²) in [7, 11) is 0. The van der Waals surface area contributed by atoms with Gasteiger partial charge in [0.05, 0.1) is 5.60 Å². The quantitative estimate of drug-likeness (QED) is 0.819. The van der Waals surface area contributed by atoms with Gasteiger partial charge in [-0.2, -0.15) is 0 Å². The van der Waals surface area contributed by atoms with Crippen LogP contribution in [0.1, 0.15) is 59.8 Å². The van der Waals surface area contributed by atoms with Crippen LogP contribution >= 0.6 is 0 Å². The Morgan fingerprint density at radius 2 is 2.10 bits per heavy atom. The summed E-state index contributed by atoms with van der Waals surface area (Å²) in [6.45, 7) is 13.2. The number of aliphatic hydroxyl groups is 1. The molecule has 1 aliphatic carbocycles. The van der Waals surface area contributed by atoms with Gasteiger partial charge in [-0.3, -0.25) is 0 Å². The number of nitrogens with zero attached hydrogens (tertiary/aromatic N) is 1. The fourth-order valence-electron chi connectivity index (χ4n) is 4.45. The molecule has 1 saturated heterocycles. The molecule has 0 amide bonds. The van der Waals surface area contributed by atoms with Crippen molar-refractivity contribution >= 4 is 0 Å². The second-order valence-corrected chi connectivity index (χ2v) is 8.08. The second-order valence-electron chi connectivity index (χ2n) is 8.08. The maximum absolute atomic E-state index is 10.3. The summed E-state index contributed by atoms with van der Waals surface area (Å²) in [6, 6.07) is 0.678. The molecule has 3 heteroatoms. The van der Waals surface area contributed by atoms with E-state index >= 15 is 0 Å². The molecular formula is C18H36N2O. The number of hydrogen-bond acceptors (Lipinski definition) is 3. The van der Waals surface area contributed by atoms with Crippen molar-refractivity contribution in [2.24, 2.45) is 17.8 Å². The van der Waals surface area contributed by atoms with Crippen LogP contribution in [0.2, 0.25) is 0 Å². The van der Waals surface area contributed by atoms with Gasteiger partial charge >= 0.3 is 0 Å². The first-order chi connectivity index (χ1) is 9.91. The summed E-state index contributed by atoms with van der Waals surface area (Å²) in [6.07, 6.45) is 6.15. The molecule has 2 N–H and O–H groups in total. The van der Waals surface area contributed by atoms with Crippen LogP contribution in [-0.2, 0) is 0 Å². The molecule has 1 saturated carbocycles. The molecule has 1 aliphatic heterocycles. The number of nitrogens with one attached hydrogen (secondary N) is 1. The van der Waals surface area contributed by atoms with Gasteiger partial charge in [-0.15, -0.1) is 0 Å². The normalized spacial score (nSPS) is 38.9. The van der Waals surface area contributed by atoms with Gasteiger partial charge < -0.3 is 15.3 Å². The largest absolute Gasteiger partial charge is 0.389 e. The Morgan fingerprint density at radius 1 is 1.33 bits per heavy atom. The molecule has 0 aromatic carbocycles. The third-order valence-corrected chi connectivity index (χ3v) is 5.68. The summed E-state index contributed by atoms with van der Waals surface area (Å²) in [5.74, 6) is 2.44. The van der Waals surface area contributed by atoms with Gasteiger partial charge in [0.25, 0.3) is 0 Å². The Balaban J connectivity index is 1.95. The molecule has 2 aliphatic rings. The molecule has 1 heterocycles. The van der Waals surface area contributed by atoms with Gasteiger partial charge in [-0.1, -0.05) is 20.8 Å². The van der Waals surface area contributed by atoms with Gasteiger partial charge in [-0.05, 0) is 69.9 Å². The summed E-state index contributed by atoms with van der Waals surface area (Å²) >= 11 is 0. The van der Waals surface area contributed by atoms with Crippen molar-refractivity contribution in [3.63, 3.8) is 0 Å². The first kappa shape index (κ1) is 17.2. The second kappa shape index (κ2) is 7.43. The first-order valence-corrected chi connectivity index (χ1v) is 9.09. The third kappa shape index (κ3) is 4.94. The van der Waals surface area contributed by atoms with E-state index < -0.39 is 5.60 Å². The number of β-amino-alcohol motifs (C(OH)–C–C–N with tert-alkyl or cyclic N) is 1. The number of piperidine rings is 1. The highest BCUT2D eigenvalue weighted by atomic mass is 16.3. The smallest absolute Gasteiger partial charge is 0.0746 e. The third-order valence-electron chi connectivity index (χ3n) is 5.68. The van der Waals surface area contributed by atoms with Crippen LogP contribution in [0.4, 0.5) is 0 Å². The van der Waals surface area contributed by atoms with Gasteiger partial charge in [0.2, 0.25) is 0 Å². The highest BCUT2D eigenvalue weighted by Gasteiger charge is 2.35. The molecule has 0 spiro atoms. The topological polar surface area (TPSA) is 35.5 Å². The average Bonchev–Trinajstić information content (AvgIpc) is 2.39. The van der Waals surface area contributed by atoms with E-state index in [1.54, 1.807) is 0 Å². The lowest BCUT2D eigenvalue weighted by atomic mass is 9.73. The summed E-state index contributed by atoms with van der Waals surface area (Å²) in [4.78, 5) is 2.52. The van der Waals surface area contributed by atoms with Gasteiger partial charge in [0, 0.05) is 19.1 Å². The summed E-state index contributed by atoms with van der Waals surface area (Å²) in [5, 5.41) is 14.0. The van der Waals surface area contributed by atoms with Crippen LogP contribution in [0, 0.1) is 17.8 Å². The predicted octanol–water partition coefficient (Wildman–Crippen LogP) is 2.88. The van der Waals surface area contributed by atoms with Crippen molar-refractivity contribution in [3.8, 4) is 0 Å². The molecule has 4 atom stereocenters. The van der Waals surface area contributed by atoms with Crippen molar-refractivity contribution in [2.75, 3.05) is 26.2 Å². The molecule has 2 rings (SSSR count). The lowest BCUT2D eigenvalue weighted by Gasteiger charge is -2.43. The Hall–Kier alpha value is -0.120. The van der Waals surface area contributed by atoms with Gasteiger partial charge in [-0.25, -0.2) is 0 Å². The highest BCUT2D eigenvalue weighted by Crippen LogP contribution is 2.35. The van der Waals surface area contributed by atoms with E-state index in [4.69, 9.17) is 0 Å². The lowest BCUT2D eigenvalue weighted by Crippen LogP contribution is -2.51. The zero-order chi connectivity index (χ0) is 15.5. The maximum Gasteiger partial charge on any atom is 0.0746 e. The molecular weight excluding hydrogens is 260 g/mol.